The van der Waals surface area contributed by atoms with Gasteiger partial charge in [-0.25, -0.2) is 0 Å². The fourth-order valence-corrected chi connectivity index (χ4v) is 2.85. The van der Waals surface area contributed by atoms with Crippen LogP contribution in [0.4, 0.5) is 0 Å². The molecule has 0 atom stereocenters. The Bertz CT molecular complexity index is 657. The Morgan fingerprint density at radius 1 is 0.375 bits per heavy atom. The molecule has 1 rings (SSSR count). The van der Waals surface area contributed by atoms with Crippen molar-refractivity contribution in [1.29, 1.82) is 0 Å². The van der Waals surface area contributed by atoms with Crippen LogP contribution < -0.4 is 4.74 Å². The SMILES string of the molecule is C#CCOCCOCCOCCOCCOCCOCCOCCOCCOCCOCCOc1ccccc1. The molecule has 0 saturated carbocycles. The van der Waals surface area contributed by atoms with Gasteiger partial charge in [0, 0.05) is 0 Å². The Morgan fingerprint density at radius 3 is 0.950 bits per heavy atom. The number of para-hydroxylation sites is 1. The van der Waals surface area contributed by atoms with E-state index < -0.39 is 0 Å². The van der Waals surface area contributed by atoms with Crippen molar-refractivity contribution in [3.05, 3.63) is 30.3 Å². The van der Waals surface area contributed by atoms with E-state index in [9.17, 15) is 0 Å². The monoisotopic (exact) mass is 572 g/mol. The molecule has 0 aliphatic carbocycles. The minimum atomic E-state index is 0.309. The average Bonchev–Trinajstić information content (AvgIpc) is 2.98. The molecule has 0 saturated heterocycles. The number of hydrogen-bond donors (Lipinski definition) is 0. The van der Waals surface area contributed by atoms with Gasteiger partial charge in [0.05, 0.1) is 126 Å². The molecule has 0 bridgehead atoms. The Balaban J connectivity index is 1.62. The van der Waals surface area contributed by atoms with Crippen molar-refractivity contribution < 1.29 is 52.1 Å². The lowest BCUT2D eigenvalue weighted by Crippen LogP contribution is -2.15. The third-order valence-corrected chi connectivity index (χ3v) is 4.77. The summed E-state index contributed by atoms with van der Waals surface area (Å²) < 4.78 is 59.6. The smallest absolute Gasteiger partial charge is 0.119 e. The Labute approximate surface area is 239 Å². The number of terminal acetylenes is 1. The van der Waals surface area contributed by atoms with Gasteiger partial charge < -0.3 is 52.1 Å². The topological polar surface area (TPSA) is 102 Å². The van der Waals surface area contributed by atoms with Gasteiger partial charge in [0.25, 0.3) is 0 Å². The van der Waals surface area contributed by atoms with Crippen LogP contribution >= 0.6 is 0 Å². The maximum Gasteiger partial charge on any atom is 0.119 e. The molecule has 0 aromatic heterocycles. The van der Waals surface area contributed by atoms with E-state index in [1.807, 2.05) is 30.3 Å². The van der Waals surface area contributed by atoms with Gasteiger partial charge in [-0.1, -0.05) is 24.1 Å². The summed E-state index contributed by atoms with van der Waals surface area (Å²) in [6.45, 7) is 10.6. The van der Waals surface area contributed by atoms with Crippen molar-refractivity contribution in [2.75, 3.05) is 139 Å². The first-order valence-corrected chi connectivity index (χ1v) is 13.8. The lowest BCUT2D eigenvalue weighted by Gasteiger charge is -2.09. The zero-order chi connectivity index (χ0) is 28.4. The minimum absolute atomic E-state index is 0.309. The van der Waals surface area contributed by atoms with Crippen molar-refractivity contribution in [1.82, 2.24) is 0 Å². The maximum absolute atomic E-state index is 5.55. The van der Waals surface area contributed by atoms with Gasteiger partial charge in [-0.2, -0.15) is 0 Å². The lowest BCUT2D eigenvalue weighted by molar-refractivity contribution is -0.0264. The average molecular weight is 573 g/mol. The van der Waals surface area contributed by atoms with Crippen LogP contribution in [0.25, 0.3) is 0 Å². The molecule has 11 nitrogen and oxygen atoms in total. The summed E-state index contributed by atoms with van der Waals surface area (Å²) >= 11 is 0. The number of ether oxygens (including phenoxy) is 11. The molecule has 0 spiro atoms. The van der Waals surface area contributed by atoms with Crippen molar-refractivity contribution in [2.24, 2.45) is 0 Å². The largest absolute Gasteiger partial charge is 0.491 e. The molecule has 0 aliphatic rings. The summed E-state index contributed by atoms with van der Waals surface area (Å²) in [5, 5.41) is 0. The fourth-order valence-electron chi connectivity index (χ4n) is 2.85. The molecule has 230 valence electrons. The first-order valence-electron chi connectivity index (χ1n) is 13.8. The second kappa shape index (κ2) is 31.7. The van der Waals surface area contributed by atoms with Crippen LogP contribution in [-0.2, 0) is 47.4 Å². The third kappa shape index (κ3) is 27.7. The molecule has 0 fully saturated rings. The lowest BCUT2D eigenvalue weighted by atomic mass is 10.3. The quantitative estimate of drug-likeness (QED) is 0.0934. The second-order valence-corrected chi connectivity index (χ2v) is 7.93. The molecule has 0 radical (unpaired) electrons. The van der Waals surface area contributed by atoms with Gasteiger partial charge in [-0.05, 0) is 12.1 Å². The molecular formula is C29H48O11. The Morgan fingerprint density at radius 2 is 0.650 bits per heavy atom. The highest BCUT2D eigenvalue weighted by molar-refractivity contribution is 5.20. The Kier molecular flexibility index (Phi) is 28.7. The van der Waals surface area contributed by atoms with E-state index in [1.165, 1.54) is 0 Å². The Hall–Kier alpha value is -1.82. The van der Waals surface area contributed by atoms with Crippen molar-refractivity contribution >= 4 is 0 Å². The molecule has 11 heteroatoms. The van der Waals surface area contributed by atoms with Crippen LogP contribution in [0.5, 0.6) is 5.75 Å². The van der Waals surface area contributed by atoms with E-state index in [4.69, 9.17) is 58.5 Å². The van der Waals surface area contributed by atoms with Gasteiger partial charge >= 0.3 is 0 Å². The highest BCUT2D eigenvalue weighted by Gasteiger charge is 1.96. The van der Waals surface area contributed by atoms with E-state index in [-0.39, 0.29) is 0 Å². The normalized spacial score (nSPS) is 11.1. The molecule has 0 N–H and O–H groups in total. The van der Waals surface area contributed by atoms with Gasteiger partial charge in [0.2, 0.25) is 0 Å². The summed E-state index contributed by atoms with van der Waals surface area (Å²) in [7, 11) is 0. The van der Waals surface area contributed by atoms with Crippen LogP contribution in [0.15, 0.2) is 30.3 Å². The van der Waals surface area contributed by atoms with Crippen LogP contribution in [0.3, 0.4) is 0 Å². The first-order chi connectivity index (χ1) is 19.9. The predicted octanol–water partition coefficient (Wildman–Crippen LogP) is 1.86. The predicted molar refractivity (Wildman–Crippen MR) is 149 cm³/mol. The fraction of sp³-hybridized carbons (Fsp3) is 0.724. The third-order valence-electron chi connectivity index (χ3n) is 4.77. The van der Waals surface area contributed by atoms with Gasteiger partial charge in [-0.3, -0.25) is 0 Å². The summed E-state index contributed by atoms with van der Waals surface area (Å²) in [6.07, 6.45) is 5.07. The first kappa shape index (κ1) is 36.2. The highest BCUT2D eigenvalue weighted by atomic mass is 16.6. The number of rotatable bonds is 32. The van der Waals surface area contributed by atoms with Crippen LogP contribution in [0.1, 0.15) is 0 Å². The highest BCUT2D eigenvalue weighted by Crippen LogP contribution is 2.07. The van der Waals surface area contributed by atoms with Crippen LogP contribution in [0, 0.1) is 12.3 Å². The molecule has 1 aromatic rings. The second-order valence-electron chi connectivity index (χ2n) is 7.93. The van der Waals surface area contributed by atoms with Gasteiger partial charge in [0.1, 0.15) is 19.0 Å². The van der Waals surface area contributed by atoms with Gasteiger partial charge in [-0.15, -0.1) is 6.42 Å². The number of hydrogen-bond acceptors (Lipinski definition) is 11. The summed E-state index contributed by atoms with van der Waals surface area (Å²) in [6, 6.07) is 9.67. The van der Waals surface area contributed by atoms with Crippen molar-refractivity contribution in [2.45, 2.75) is 0 Å². The van der Waals surface area contributed by atoms with E-state index in [1.54, 1.807) is 0 Å². The van der Waals surface area contributed by atoms with E-state index in [0.717, 1.165) is 5.75 Å². The van der Waals surface area contributed by atoms with Crippen molar-refractivity contribution in [3.63, 3.8) is 0 Å². The standard InChI is InChI=1S/C29H48O11/c1-2-8-30-9-10-31-11-12-32-13-14-33-15-16-34-17-18-35-19-20-36-21-22-37-23-24-38-25-26-39-27-28-40-29-6-4-3-5-7-29/h1,3-7H,8-28H2. The molecule has 1 aromatic carbocycles. The zero-order valence-corrected chi connectivity index (χ0v) is 23.8. The van der Waals surface area contributed by atoms with Crippen molar-refractivity contribution in [3.8, 4) is 18.1 Å². The molecule has 0 amide bonds. The number of benzene rings is 1. The molecular weight excluding hydrogens is 524 g/mol. The summed E-state index contributed by atoms with van der Waals surface area (Å²) in [5.41, 5.74) is 0. The summed E-state index contributed by atoms with van der Waals surface area (Å²) in [4.78, 5) is 0. The van der Waals surface area contributed by atoms with Gasteiger partial charge in [0.15, 0.2) is 0 Å². The zero-order valence-electron chi connectivity index (χ0n) is 23.8. The van der Waals surface area contributed by atoms with E-state index >= 15 is 0 Å². The molecule has 0 unspecified atom stereocenters. The molecule has 0 aliphatic heterocycles. The minimum Gasteiger partial charge on any atom is -0.491 e. The molecule has 40 heavy (non-hydrogen) atoms. The summed E-state index contributed by atoms with van der Waals surface area (Å²) in [5.74, 6) is 3.24. The maximum atomic E-state index is 5.55. The molecule has 0 heterocycles. The van der Waals surface area contributed by atoms with E-state index in [2.05, 4.69) is 5.92 Å². The van der Waals surface area contributed by atoms with Crippen LogP contribution in [0.2, 0.25) is 0 Å². The van der Waals surface area contributed by atoms with E-state index in [0.29, 0.717) is 139 Å². The van der Waals surface area contributed by atoms with Crippen LogP contribution in [-0.4, -0.2) is 139 Å².